The van der Waals surface area contributed by atoms with Crippen LogP contribution in [0.1, 0.15) is 12.5 Å². The third-order valence-electron chi connectivity index (χ3n) is 5.37. The summed E-state index contributed by atoms with van der Waals surface area (Å²) in [5, 5.41) is 7.61. The molecule has 1 fully saturated rings. The van der Waals surface area contributed by atoms with Crippen LogP contribution in [-0.2, 0) is 6.54 Å². The molecule has 4 rings (SSSR count). The van der Waals surface area contributed by atoms with Crippen molar-refractivity contribution in [2.45, 2.75) is 13.5 Å². The predicted molar refractivity (Wildman–Crippen MR) is 123 cm³/mol. The largest absolute Gasteiger partial charge is 0.495 e. The van der Waals surface area contributed by atoms with Gasteiger partial charge in [0.05, 0.1) is 25.0 Å². The lowest BCUT2D eigenvalue weighted by atomic mass is 10.2. The van der Waals surface area contributed by atoms with E-state index in [4.69, 9.17) is 9.73 Å². The van der Waals surface area contributed by atoms with E-state index in [-0.39, 0.29) is 0 Å². The number of nitrogens with zero attached hydrogens (tertiary/aromatic N) is 6. The van der Waals surface area contributed by atoms with Crippen LogP contribution in [0.2, 0.25) is 0 Å². The Morgan fingerprint density at radius 3 is 2.52 bits per heavy atom. The molecule has 2 heterocycles. The fraction of sp³-hybridized carbons (Fsp3) is 0.348. The molecule has 2 aromatic carbocycles. The van der Waals surface area contributed by atoms with E-state index in [0.717, 1.165) is 61.4 Å². The van der Waals surface area contributed by atoms with Crippen LogP contribution in [-0.4, -0.2) is 65.5 Å². The Hall–Kier alpha value is -3.55. The smallest absolute Gasteiger partial charge is 0.194 e. The molecule has 1 saturated heterocycles. The lowest BCUT2D eigenvalue weighted by molar-refractivity contribution is 0.367. The number of hydrogen-bond acceptors (Lipinski definition) is 5. The Bertz CT molecular complexity index is 977. The SMILES string of the molecule is CCNC(=NCc1ccc(-n2cncn2)cc1)N1CCN(c2ccccc2OC)CC1. The van der Waals surface area contributed by atoms with Crippen LogP contribution in [0.25, 0.3) is 5.69 Å². The summed E-state index contributed by atoms with van der Waals surface area (Å²) >= 11 is 0. The highest BCUT2D eigenvalue weighted by molar-refractivity contribution is 5.80. The van der Waals surface area contributed by atoms with Gasteiger partial charge in [0.1, 0.15) is 18.4 Å². The first kappa shape index (κ1) is 20.7. The molecule has 0 unspecified atom stereocenters. The van der Waals surface area contributed by atoms with Crippen LogP contribution >= 0.6 is 0 Å². The number of para-hydroxylation sites is 2. The number of aliphatic imine (C=N–C) groups is 1. The highest BCUT2D eigenvalue weighted by atomic mass is 16.5. The number of piperazine rings is 1. The average Bonchev–Trinajstić information content (AvgIpc) is 3.37. The molecule has 1 aliphatic rings. The molecule has 1 N–H and O–H groups in total. The summed E-state index contributed by atoms with van der Waals surface area (Å²) in [5.74, 6) is 1.88. The van der Waals surface area contributed by atoms with E-state index in [1.807, 2.05) is 24.3 Å². The van der Waals surface area contributed by atoms with Gasteiger partial charge in [0.2, 0.25) is 0 Å². The van der Waals surface area contributed by atoms with Crippen molar-refractivity contribution in [1.29, 1.82) is 0 Å². The number of benzene rings is 2. The van der Waals surface area contributed by atoms with Gasteiger partial charge in [0.25, 0.3) is 0 Å². The van der Waals surface area contributed by atoms with Crippen molar-refractivity contribution in [2.75, 3.05) is 44.7 Å². The van der Waals surface area contributed by atoms with Crippen LogP contribution < -0.4 is 15.0 Å². The lowest BCUT2D eigenvalue weighted by Gasteiger charge is -2.38. The minimum absolute atomic E-state index is 0.632. The normalized spacial score (nSPS) is 14.6. The van der Waals surface area contributed by atoms with Crippen molar-refractivity contribution in [2.24, 2.45) is 4.99 Å². The zero-order chi connectivity index (χ0) is 21.5. The summed E-state index contributed by atoms with van der Waals surface area (Å²) in [6, 6.07) is 16.5. The summed E-state index contributed by atoms with van der Waals surface area (Å²) in [6.07, 6.45) is 3.23. The molecule has 0 atom stereocenters. The van der Waals surface area contributed by atoms with Crippen LogP contribution in [0.5, 0.6) is 5.75 Å². The molecule has 1 aliphatic heterocycles. The van der Waals surface area contributed by atoms with E-state index < -0.39 is 0 Å². The molecule has 0 spiro atoms. The number of ether oxygens (including phenoxy) is 1. The van der Waals surface area contributed by atoms with E-state index in [1.54, 1.807) is 18.1 Å². The van der Waals surface area contributed by atoms with E-state index in [1.165, 1.54) is 6.33 Å². The standard InChI is InChI=1S/C23H29N7O/c1-3-25-23(26-16-19-8-10-20(11-9-19)30-18-24-17-27-30)29-14-12-28(13-15-29)21-6-4-5-7-22(21)31-2/h4-11,17-18H,3,12-16H2,1-2H3,(H,25,26). The average molecular weight is 420 g/mol. The fourth-order valence-electron chi connectivity index (χ4n) is 3.74. The van der Waals surface area contributed by atoms with Crippen LogP contribution in [0, 0.1) is 0 Å². The van der Waals surface area contributed by atoms with Crippen LogP contribution in [0.3, 0.4) is 0 Å². The van der Waals surface area contributed by atoms with E-state index >= 15 is 0 Å². The third kappa shape index (κ3) is 4.96. The Morgan fingerprint density at radius 2 is 1.84 bits per heavy atom. The van der Waals surface area contributed by atoms with Gasteiger partial charge in [-0.3, -0.25) is 0 Å². The quantitative estimate of drug-likeness (QED) is 0.489. The summed E-state index contributed by atoms with van der Waals surface area (Å²) in [7, 11) is 1.73. The summed E-state index contributed by atoms with van der Waals surface area (Å²) in [5.41, 5.74) is 3.30. The summed E-state index contributed by atoms with van der Waals surface area (Å²) < 4.78 is 7.28. The fourth-order valence-corrected chi connectivity index (χ4v) is 3.74. The van der Waals surface area contributed by atoms with E-state index in [9.17, 15) is 0 Å². The van der Waals surface area contributed by atoms with E-state index in [0.29, 0.717) is 6.54 Å². The first-order valence-corrected chi connectivity index (χ1v) is 10.6. The maximum absolute atomic E-state index is 5.53. The van der Waals surface area contributed by atoms with Gasteiger partial charge < -0.3 is 19.9 Å². The van der Waals surface area contributed by atoms with Crippen molar-refractivity contribution >= 4 is 11.6 Å². The van der Waals surface area contributed by atoms with Crippen molar-refractivity contribution in [1.82, 2.24) is 25.0 Å². The molecular weight excluding hydrogens is 390 g/mol. The van der Waals surface area contributed by atoms with Crippen molar-refractivity contribution in [3.8, 4) is 11.4 Å². The lowest BCUT2D eigenvalue weighted by Crippen LogP contribution is -2.52. The number of methoxy groups -OCH3 is 1. The highest BCUT2D eigenvalue weighted by Gasteiger charge is 2.21. The number of aromatic nitrogens is 3. The molecule has 3 aromatic rings. The van der Waals surface area contributed by atoms with Crippen molar-refractivity contribution < 1.29 is 4.74 Å². The number of anilines is 1. The van der Waals surface area contributed by atoms with Gasteiger partial charge in [-0.15, -0.1) is 0 Å². The summed E-state index contributed by atoms with van der Waals surface area (Å²) in [6.45, 7) is 7.26. The first-order chi connectivity index (χ1) is 15.3. The zero-order valence-electron chi connectivity index (χ0n) is 18.1. The number of guanidine groups is 1. The highest BCUT2D eigenvalue weighted by Crippen LogP contribution is 2.28. The second kappa shape index (κ2) is 9.97. The molecule has 0 radical (unpaired) electrons. The second-order valence-electron chi connectivity index (χ2n) is 7.32. The summed E-state index contributed by atoms with van der Waals surface area (Å²) in [4.78, 5) is 13.6. The minimum Gasteiger partial charge on any atom is -0.495 e. The first-order valence-electron chi connectivity index (χ1n) is 10.6. The molecule has 162 valence electrons. The maximum Gasteiger partial charge on any atom is 0.194 e. The monoisotopic (exact) mass is 419 g/mol. The second-order valence-corrected chi connectivity index (χ2v) is 7.32. The van der Waals surface area contributed by atoms with Crippen LogP contribution in [0.15, 0.2) is 66.2 Å². The molecule has 8 heteroatoms. The molecule has 0 bridgehead atoms. The Labute approximate surface area is 183 Å². The molecule has 1 aromatic heterocycles. The van der Waals surface area contributed by atoms with Gasteiger partial charge in [-0.1, -0.05) is 24.3 Å². The number of rotatable bonds is 6. The third-order valence-corrected chi connectivity index (χ3v) is 5.37. The topological polar surface area (TPSA) is 70.8 Å². The van der Waals surface area contributed by atoms with Crippen molar-refractivity contribution in [3.63, 3.8) is 0 Å². The molecule has 0 amide bonds. The van der Waals surface area contributed by atoms with Gasteiger partial charge >= 0.3 is 0 Å². The van der Waals surface area contributed by atoms with Gasteiger partial charge in [-0.25, -0.2) is 14.7 Å². The predicted octanol–water partition coefficient (Wildman–Crippen LogP) is 2.56. The van der Waals surface area contributed by atoms with Crippen LogP contribution in [0.4, 0.5) is 5.69 Å². The Morgan fingerprint density at radius 1 is 1.06 bits per heavy atom. The van der Waals surface area contributed by atoms with Crippen molar-refractivity contribution in [3.05, 3.63) is 66.7 Å². The van der Waals surface area contributed by atoms with E-state index in [2.05, 4.69) is 56.4 Å². The Balaban J connectivity index is 1.39. The van der Waals surface area contributed by atoms with Gasteiger partial charge in [0, 0.05) is 32.7 Å². The van der Waals surface area contributed by atoms with Gasteiger partial charge in [0.15, 0.2) is 5.96 Å². The number of hydrogen-bond donors (Lipinski definition) is 1. The molecular formula is C23H29N7O. The minimum atomic E-state index is 0.632. The van der Waals surface area contributed by atoms with Gasteiger partial charge in [-0.05, 0) is 36.8 Å². The maximum atomic E-state index is 5.53. The van der Waals surface area contributed by atoms with Gasteiger partial charge in [-0.2, -0.15) is 5.10 Å². The number of nitrogens with one attached hydrogen (secondary N) is 1. The molecule has 0 aliphatic carbocycles. The molecule has 8 nitrogen and oxygen atoms in total. The Kier molecular flexibility index (Phi) is 6.66. The molecule has 31 heavy (non-hydrogen) atoms. The molecule has 0 saturated carbocycles. The zero-order valence-corrected chi connectivity index (χ0v) is 18.1.